The molecule has 6 aliphatic carbocycles. The number of fused-ring (bicyclic) bond motifs is 8. The maximum absolute atomic E-state index is 6.17. The Morgan fingerprint density at radius 1 is 0.596 bits per heavy atom. The third-order valence-electron chi connectivity index (χ3n) is 16.5. The van der Waals surface area contributed by atoms with E-state index in [4.69, 9.17) is 4.74 Å². The quantitative estimate of drug-likeness (QED) is 0.168. The molecule has 0 aromatic heterocycles. The largest absolute Gasteiger partial charge is 0.376 e. The first-order chi connectivity index (χ1) is 22.4. The summed E-state index contributed by atoms with van der Waals surface area (Å²) in [6.07, 6.45) is 29.2. The molecule has 7 fully saturated rings. The highest BCUT2D eigenvalue weighted by atomic mass is 28.3. The summed E-state index contributed by atoms with van der Waals surface area (Å²) in [5.41, 5.74) is 2.30. The van der Waals surface area contributed by atoms with Gasteiger partial charge in [0.2, 0.25) is 0 Å². The first kappa shape index (κ1) is 35.7. The fraction of sp³-hybridized carbons (Fsp3) is 1.00. The van der Waals surface area contributed by atoms with Crippen LogP contribution in [0.1, 0.15) is 150 Å². The third kappa shape index (κ3) is 6.74. The van der Waals surface area contributed by atoms with Crippen molar-refractivity contribution in [2.75, 3.05) is 6.61 Å². The first-order valence-electron chi connectivity index (χ1n) is 21.8. The monoisotopic (exact) mass is 682 g/mol. The molecule has 4 heteroatoms. The molecule has 0 aromatic rings. The van der Waals surface area contributed by atoms with Gasteiger partial charge in [0.15, 0.2) is 0 Å². The molecule has 47 heavy (non-hydrogen) atoms. The van der Waals surface area contributed by atoms with Crippen LogP contribution in [0.3, 0.4) is 0 Å². The summed E-state index contributed by atoms with van der Waals surface area (Å²) < 4.78 is 9.57. The van der Waals surface area contributed by atoms with Crippen molar-refractivity contribution in [1.82, 2.24) is 4.57 Å². The van der Waals surface area contributed by atoms with Gasteiger partial charge in [-0.15, -0.1) is 0 Å². The van der Waals surface area contributed by atoms with Crippen LogP contribution in [0.25, 0.3) is 0 Å². The average Bonchev–Trinajstić information content (AvgIpc) is 3.66. The lowest BCUT2D eigenvalue weighted by atomic mass is 9.73. The summed E-state index contributed by atoms with van der Waals surface area (Å²) >= 11 is 0. The second-order valence-corrected chi connectivity index (χ2v) is 31.0. The van der Waals surface area contributed by atoms with E-state index in [2.05, 4.69) is 58.4 Å². The summed E-state index contributed by atoms with van der Waals surface area (Å²) in [5, 5.41) is 0. The van der Waals surface area contributed by atoms with Gasteiger partial charge in [0.25, 0.3) is 0 Å². The minimum atomic E-state index is -1.62. The molecule has 270 valence electrons. The van der Waals surface area contributed by atoms with Gasteiger partial charge in [-0.05, 0) is 130 Å². The molecule has 0 radical (unpaired) electrons. The predicted octanol–water partition coefficient (Wildman–Crippen LogP) is 12.6. The molecule has 0 amide bonds. The van der Waals surface area contributed by atoms with Crippen LogP contribution in [0.2, 0.25) is 43.3 Å². The van der Waals surface area contributed by atoms with Crippen molar-refractivity contribution in [3.05, 3.63) is 0 Å². The zero-order valence-electron chi connectivity index (χ0n) is 32.7. The third-order valence-corrected chi connectivity index (χ3v) is 24.9. The number of hydrogen-bond acceptors (Lipinski definition) is 2. The number of hydrogen-bond donors (Lipinski definition) is 0. The van der Waals surface area contributed by atoms with Crippen molar-refractivity contribution < 1.29 is 4.74 Å². The van der Waals surface area contributed by atoms with Crippen LogP contribution in [0.5, 0.6) is 0 Å². The van der Waals surface area contributed by atoms with E-state index >= 15 is 0 Å². The Labute approximate surface area is 295 Å². The van der Waals surface area contributed by atoms with E-state index in [0.29, 0.717) is 0 Å². The van der Waals surface area contributed by atoms with E-state index in [1.54, 1.807) is 83.1 Å². The number of nitrogens with zero attached hydrogens (tertiary/aromatic N) is 1. The molecule has 7 rings (SSSR count). The lowest BCUT2D eigenvalue weighted by Crippen LogP contribution is -2.56. The molecule has 0 aromatic carbocycles. The maximum Gasteiger partial charge on any atom is 0.119 e. The van der Waals surface area contributed by atoms with Crippen molar-refractivity contribution in [2.45, 2.75) is 211 Å². The summed E-state index contributed by atoms with van der Waals surface area (Å²) in [6, 6.07) is 3.58. The van der Waals surface area contributed by atoms with Crippen LogP contribution in [-0.2, 0) is 4.74 Å². The van der Waals surface area contributed by atoms with Crippen LogP contribution >= 0.6 is 0 Å². The Kier molecular flexibility index (Phi) is 10.7. The van der Waals surface area contributed by atoms with Gasteiger partial charge < -0.3 is 9.30 Å². The Morgan fingerprint density at radius 3 is 1.70 bits per heavy atom. The SMILES string of the molecule is CC1CCC2C(C1)C1C(C3CCCCC3C1[Si](C)(CCCCCCOC(C)(C)C)C1C3CCCCC3C3CCCCC31)N2[Si](C)(C)C. The molecule has 13 atom stereocenters. The van der Waals surface area contributed by atoms with Crippen LogP contribution in [0.15, 0.2) is 0 Å². The summed E-state index contributed by atoms with van der Waals surface area (Å²) in [7, 11) is -3.04. The molecule has 2 nitrogen and oxygen atoms in total. The van der Waals surface area contributed by atoms with Crippen molar-refractivity contribution in [3.63, 3.8) is 0 Å². The van der Waals surface area contributed by atoms with E-state index in [-0.39, 0.29) is 5.60 Å². The topological polar surface area (TPSA) is 12.5 Å². The van der Waals surface area contributed by atoms with Gasteiger partial charge >= 0.3 is 0 Å². The minimum absolute atomic E-state index is 0.0101. The molecule has 1 aliphatic heterocycles. The maximum atomic E-state index is 6.17. The molecule has 0 spiro atoms. The molecular weight excluding hydrogens is 603 g/mol. The second kappa shape index (κ2) is 14.1. The smallest absolute Gasteiger partial charge is 0.119 e. The molecule has 6 saturated carbocycles. The summed E-state index contributed by atoms with van der Waals surface area (Å²) in [4.78, 5) is 0. The normalized spacial score (nSPS) is 45.1. The van der Waals surface area contributed by atoms with E-state index in [0.717, 1.165) is 83.0 Å². The van der Waals surface area contributed by atoms with Crippen molar-refractivity contribution in [3.8, 4) is 0 Å². The van der Waals surface area contributed by atoms with Crippen molar-refractivity contribution >= 4 is 16.3 Å². The Morgan fingerprint density at radius 2 is 1.13 bits per heavy atom. The molecule has 0 bridgehead atoms. The van der Waals surface area contributed by atoms with E-state index < -0.39 is 16.3 Å². The number of ether oxygens (including phenoxy) is 1. The van der Waals surface area contributed by atoms with E-state index in [1.807, 2.05) is 0 Å². The van der Waals surface area contributed by atoms with Crippen LogP contribution in [0.4, 0.5) is 0 Å². The van der Waals surface area contributed by atoms with Crippen LogP contribution in [0, 0.1) is 53.3 Å². The van der Waals surface area contributed by atoms with Gasteiger partial charge in [-0.1, -0.05) is 116 Å². The highest BCUT2D eigenvalue weighted by Gasteiger charge is 2.70. The minimum Gasteiger partial charge on any atom is -0.376 e. The highest BCUT2D eigenvalue weighted by Crippen LogP contribution is 2.72. The fourth-order valence-electron chi connectivity index (χ4n) is 15.5. The molecule has 7 aliphatic rings. The first-order valence-corrected chi connectivity index (χ1v) is 28.1. The van der Waals surface area contributed by atoms with Gasteiger partial charge in [0, 0.05) is 18.7 Å². The van der Waals surface area contributed by atoms with Crippen LogP contribution in [-0.4, -0.2) is 45.2 Å². The highest BCUT2D eigenvalue weighted by molar-refractivity contribution is 6.82. The van der Waals surface area contributed by atoms with E-state index in [9.17, 15) is 0 Å². The molecule has 13 unspecified atom stereocenters. The zero-order valence-corrected chi connectivity index (χ0v) is 34.7. The summed E-state index contributed by atoms with van der Waals surface area (Å²) in [6.45, 7) is 21.7. The Balaban J connectivity index is 1.25. The van der Waals surface area contributed by atoms with Crippen molar-refractivity contribution in [1.29, 1.82) is 0 Å². The number of unbranched alkanes of at least 4 members (excludes halogenated alkanes) is 3. The number of rotatable bonds is 10. The predicted molar refractivity (Wildman–Crippen MR) is 207 cm³/mol. The van der Waals surface area contributed by atoms with Crippen LogP contribution < -0.4 is 0 Å². The molecule has 0 N–H and O–H groups in total. The van der Waals surface area contributed by atoms with Gasteiger partial charge in [-0.25, -0.2) is 0 Å². The lowest BCUT2D eigenvalue weighted by molar-refractivity contribution is -0.00471. The lowest BCUT2D eigenvalue weighted by Gasteiger charge is -2.52. The van der Waals surface area contributed by atoms with Gasteiger partial charge in [0.1, 0.15) is 8.24 Å². The fourth-order valence-corrected chi connectivity index (χ4v) is 25.7. The standard InChI is InChI=1S/C43H79NOSi2/c1-30-25-26-38-37(29-30)39-40(44(38)46(5,6)7)33-21-13-16-24-36(33)42(39)47(8,28-18-10-9-17-27-45-43(2,3)4)41-34-22-14-11-19-31(34)32-20-12-15-23-35(32)41/h30-42H,9-29H2,1-8H3. The average molecular weight is 682 g/mol. The van der Waals surface area contributed by atoms with Gasteiger partial charge in [0.05, 0.1) is 13.7 Å². The molecule has 1 heterocycles. The van der Waals surface area contributed by atoms with Gasteiger partial charge in [-0.2, -0.15) is 0 Å². The van der Waals surface area contributed by atoms with E-state index in [1.165, 1.54) is 44.9 Å². The molecule has 1 saturated heterocycles. The zero-order chi connectivity index (χ0) is 33.1. The second-order valence-electron chi connectivity index (χ2n) is 21.3. The van der Waals surface area contributed by atoms with Crippen molar-refractivity contribution in [2.24, 2.45) is 53.3 Å². The molecular formula is C43H79NOSi2. The van der Waals surface area contributed by atoms with Gasteiger partial charge in [-0.3, -0.25) is 0 Å². The Hall–Kier alpha value is 0.354. The summed E-state index contributed by atoms with van der Waals surface area (Å²) in [5.74, 6) is 9.63. The Bertz CT molecular complexity index is 1030.